The van der Waals surface area contributed by atoms with Crippen LogP contribution in [0.4, 0.5) is 4.79 Å². The summed E-state index contributed by atoms with van der Waals surface area (Å²) in [4.78, 5) is 38.7. The quantitative estimate of drug-likeness (QED) is 0.657. The van der Waals surface area contributed by atoms with Crippen molar-refractivity contribution in [3.05, 3.63) is 40.8 Å². The van der Waals surface area contributed by atoms with Gasteiger partial charge in [0.15, 0.2) is 6.61 Å². The number of rotatable bonds is 4. The first-order chi connectivity index (χ1) is 16.0. The highest BCUT2D eigenvalue weighted by atomic mass is 32.1. The number of carbonyl (C=O) groups excluding carboxylic acids is 3. The maximum absolute atomic E-state index is 12.5. The standard InChI is InChI=1S/C25H26N2O5S/c28-21(26-24(30)27-25-9-14-5-15(10-25)7-16(6-14)11-25)13-32-23(29)20-8-17-12-31-19-4-2-1-3-18(19)22(17)33-20/h1-4,8,14-16H,5-7,9-13H2,(H2,26,27,28,30). The summed E-state index contributed by atoms with van der Waals surface area (Å²) < 4.78 is 10.9. The van der Waals surface area contributed by atoms with E-state index in [0.29, 0.717) is 29.2 Å². The number of nitrogens with one attached hydrogen (secondary N) is 2. The highest BCUT2D eigenvalue weighted by molar-refractivity contribution is 7.17. The predicted molar refractivity (Wildman–Crippen MR) is 122 cm³/mol. The van der Waals surface area contributed by atoms with Gasteiger partial charge in [0.05, 0.1) is 0 Å². The minimum absolute atomic E-state index is 0.176. The minimum atomic E-state index is -0.624. The molecule has 7 rings (SSSR count). The Hall–Kier alpha value is -2.87. The number of para-hydroxylation sites is 1. The molecule has 4 fully saturated rings. The number of esters is 1. The van der Waals surface area contributed by atoms with Crippen LogP contribution in [0.2, 0.25) is 0 Å². The maximum Gasteiger partial charge on any atom is 0.348 e. The molecule has 2 aromatic rings. The highest BCUT2D eigenvalue weighted by Gasteiger charge is 2.51. The highest BCUT2D eigenvalue weighted by Crippen LogP contribution is 2.55. The van der Waals surface area contributed by atoms with Crippen molar-refractivity contribution in [1.82, 2.24) is 10.6 Å². The smallest absolute Gasteiger partial charge is 0.348 e. The first kappa shape index (κ1) is 20.7. The summed E-state index contributed by atoms with van der Waals surface area (Å²) in [6, 6.07) is 8.94. The molecule has 8 heteroatoms. The molecule has 0 atom stereocenters. The number of amides is 3. The van der Waals surface area contributed by atoms with Gasteiger partial charge in [-0.3, -0.25) is 10.1 Å². The van der Waals surface area contributed by atoms with Crippen LogP contribution in [0.25, 0.3) is 10.4 Å². The molecule has 2 N–H and O–H groups in total. The second-order valence-corrected chi connectivity index (χ2v) is 11.1. The molecule has 4 saturated carbocycles. The van der Waals surface area contributed by atoms with Gasteiger partial charge in [-0.2, -0.15) is 0 Å². The van der Waals surface area contributed by atoms with Crippen LogP contribution < -0.4 is 15.4 Å². The molecule has 3 amide bonds. The molecular weight excluding hydrogens is 440 g/mol. The SMILES string of the molecule is O=C(COC(=O)c1cc2c(s1)-c1ccccc1OC2)NC(=O)NC12CC3CC(CC(C3)C1)C2. The maximum atomic E-state index is 12.5. The molecule has 1 aromatic carbocycles. The van der Waals surface area contributed by atoms with Crippen molar-refractivity contribution in [1.29, 1.82) is 0 Å². The molecule has 33 heavy (non-hydrogen) atoms. The summed E-state index contributed by atoms with van der Waals surface area (Å²) in [5.74, 6) is 1.67. The molecule has 4 aliphatic carbocycles. The van der Waals surface area contributed by atoms with Crippen molar-refractivity contribution in [2.75, 3.05) is 6.61 Å². The largest absolute Gasteiger partial charge is 0.488 e. The fourth-order valence-corrected chi connectivity index (χ4v) is 7.79. The number of fused-ring (bicyclic) bond motifs is 3. The second-order valence-electron chi connectivity index (χ2n) is 10.0. The van der Waals surface area contributed by atoms with E-state index in [0.717, 1.165) is 41.0 Å². The van der Waals surface area contributed by atoms with Crippen LogP contribution in [0.5, 0.6) is 5.75 Å². The Bertz CT molecular complexity index is 1100. The molecule has 5 aliphatic rings. The van der Waals surface area contributed by atoms with Gasteiger partial charge in [-0.05, 0) is 74.5 Å². The number of urea groups is 1. The Morgan fingerprint density at radius 1 is 1.06 bits per heavy atom. The van der Waals surface area contributed by atoms with E-state index in [1.54, 1.807) is 6.07 Å². The first-order valence-electron chi connectivity index (χ1n) is 11.6. The average Bonchev–Trinajstić information content (AvgIpc) is 3.21. The Morgan fingerprint density at radius 3 is 2.48 bits per heavy atom. The van der Waals surface area contributed by atoms with Crippen LogP contribution in [0.3, 0.4) is 0 Å². The van der Waals surface area contributed by atoms with Gasteiger partial charge in [0.25, 0.3) is 5.91 Å². The monoisotopic (exact) mass is 466 g/mol. The average molecular weight is 467 g/mol. The lowest BCUT2D eigenvalue weighted by Crippen LogP contribution is -2.62. The van der Waals surface area contributed by atoms with E-state index in [1.165, 1.54) is 30.6 Å². The predicted octanol–water partition coefficient (Wildman–Crippen LogP) is 4.26. The number of imide groups is 1. The van der Waals surface area contributed by atoms with E-state index < -0.39 is 24.5 Å². The number of ether oxygens (including phenoxy) is 2. The van der Waals surface area contributed by atoms with Crippen molar-refractivity contribution >= 4 is 29.2 Å². The Kier molecular flexibility index (Phi) is 4.94. The lowest BCUT2D eigenvalue weighted by Gasteiger charge is -2.56. The summed E-state index contributed by atoms with van der Waals surface area (Å²) in [6.45, 7) is -0.107. The van der Waals surface area contributed by atoms with Crippen molar-refractivity contribution in [2.24, 2.45) is 17.8 Å². The lowest BCUT2D eigenvalue weighted by atomic mass is 9.53. The molecule has 0 saturated heterocycles. The van der Waals surface area contributed by atoms with E-state index in [4.69, 9.17) is 9.47 Å². The molecule has 1 aromatic heterocycles. The van der Waals surface area contributed by atoms with E-state index in [1.807, 2.05) is 24.3 Å². The molecule has 0 spiro atoms. The zero-order valence-electron chi connectivity index (χ0n) is 18.2. The normalized spacial score (nSPS) is 28.3. The fourth-order valence-electron chi connectivity index (χ4n) is 6.70. The number of carbonyl (C=O) groups is 3. The van der Waals surface area contributed by atoms with Gasteiger partial charge in [0.1, 0.15) is 17.2 Å². The fraction of sp³-hybridized carbons (Fsp3) is 0.480. The van der Waals surface area contributed by atoms with Crippen LogP contribution >= 0.6 is 11.3 Å². The topological polar surface area (TPSA) is 93.7 Å². The molecule has 1 aliphatic heterocycles. The molecule has 0 unspecified atom stereocenters. The van der Waals surface area contributed by atoms with E-state index in [2.05, 4.69) is 10.6 Å². The van der Waals surface area contributed by atoms with Gasteiger partial charge in [0, 0.05) is 21.5 Å². The number of hydrogen-bond acceptors (Lipinski definition) is 6. The Balaban J connectivity index is 1.03. The van der Waals surface area contributed by atoms with Gasteiger partial charge < -0.3 is 14.8 Å². The molecule has 172 valence electrons. The molecule has 0 radical (unpaired) electrons. The third-order valence-corrected chi connectivity index (χ3v) is 8.72. The van der Waals surface area contributed by atoms with Crippen LogP contribution in [-0.2, 0) is 16.1 Å². The van der Waals surface area contributed by atoms with Crippen molar-refractivity contribution in [3.8, 4) is 16.2 Å². The third kappa shape index (κ3) is 3.90. The zero-order valence-corrected chi connectivity index (χ0v) is 19.0. The molecule has 2 heterocycles. The Labute approximate surface area is 195 Å². The number of benzene rings is 1. The Morgan fingerprint density at radius 2 is 1.76 bits per heavy atom. The number of hydrogen-bond donors (Lipinski definition) is 2. The van der Waals surface area contributed by atoms with Crippen LogP contribution in [-0.4, -0.2) is 30.1 Å². The van der Waals surface area contributed by atoms with Crippen molar-refractivity contribution in [2.45, 2.75) is 50.7 Å². The third-order valence-electron chi connectivity index (χ3n) is 7.53. The van der Waals surface area contributed by atoms with Gasteiger partial charge >= 0.3 is 12.0 Å². The van der Waals surface area contributed by atoms with Gasteiger partial charge in [-0.1, -0.05) is 12.1 Å². The van der Waals surface area contributed by atoms with Crippen molar-refractivity contribution in [3.63, 3.8) is 0 Å². The van der Waals surface area contributed by atoms with Crippen LogP contribution in [0.15, 0.2) is 30.3 Å². The van der Waals surface area contributed by atoms with Crippen molar-refractivity contribution < 1.29 is 23.9 Å². The van der Waals surface area contributed by atoms with E-state index in [9.17, 15) is 14.4 Å². The summed E-state index contributed by atoms with van der Waals surface area (Å²) in [5, 5.41) is 5.43. The van der Waals surface area contributed by atoms with E-state index in [-0.39, 0.29) is 5.54 Å². The zero-order chi connectivity index (χ0) is 22.6. The second kappa shape index (κ2) is 7.87. The number of thiophene rings is 1. The first-order valence-corrected chi connectivity index (χ1v) is 12.4. The molecule has 7 nitrogen and oxygen atoms in total. The van der Waals surface area contributed by atoms with Gasteiger partial charge in [-0.25, -0.2) is 9.59 Å². The summed E-state index contributed by atoms with van der Waals surface area (Å²) in [6.07, 6.45) is 6.85. The van der Waals surface area contributed by atoms with Crippen LogP contribution in [0.1, 0.15) is 53.8 Å². The lowest BCUT2D eigenvalue weighted by molar-refractivity contribution is -0.123. The van der Waals surface area contributed by atoms with Crippen LogP contribution in [0, 0.1) is 17.8 Å². The van der Waals surface area contributed by atoms with Gasteiger partial charge in [0.2, 0.25) is 0 Å². The van der Waals surface area contributed by atoms with E-state index >= 15 is 0 Å². The summed E-state index contributed by atoms with van der Waals surface area (Å²) in [7, 11) is 0. The molecular formula is C25H26N2O5S. The molecule has 4 bridgehead atoms. The minimum Gasteiger partial charge on any atom is -0.488 e. The summed E-state index contributed by atoms with van der Waals surface area (Å²) in [5.41, 5.74) is 1.69. The summed E-state index contributed by atoms with van der Waals surface area (Å²) >= 11 is 1.32. The van der Waals surface area contributed by atoms with Gasteiger partial charge in [-0.15, -0.1) is 11.3 Å².